The van der Waals surface area contributed by atoms with Crippen molar-refractivity contribution in [1.82, 2.24) is 5.32 Å². The van der Waals surface area contributed by atoms with Crippen molar-refractivity contribution < 1.29 is 14.7 Å². The number of aliphatic carboxylic acids is 1. The molecule has 0 atom stereocenters. The largest absolute Gasteiger partial charge is 0.480 e. The molecule has 1 amide bonds. The number of carboxylic acids is 1. The third-order valence-electron chi connectivity index (χ3n) is 3.30. The summed E-state index contributed by atoms with van der Waals surface area (Å²) in [6.45, 7) is 5.48. The molecule has 21 heavy (non-hydrogen) atoms. The van der Waals surface area contributed by atoms with Crippen molar-refractivity contribution >= 4 is 23.3 Å². The fourth-order valence-electron chi connectivity index (χ4n) is 1.84. The van der Waals surface area contributed by atoms with Crippen molar-refractivity contribution in [3.05, 3.63) is 24.3 Å². The van der Waals surface area contributed by atoms with Crippen LogP contribution in [0.25, 0.3) is 0 Å². The molecule has 1 aromatic rings. The highest BCUT2D eigenvalue weighted by atomic mass is 16.4. The number of nitrogen functional groups attached to an aromatic ring is 1. The topological polar surface area (TPSA) is 95.7 Å². The molecular formula is C15H23N3O3. The van der Waals surface area contributed by atoms with Crippen LogP contribution >= 0.6 is 0 Å². The van der Waals surface area contributed by atoms with E-state index in [4.69, 9.17) is 10.8 Å². The molecule has 1 rings (SSSR count). The molecule has 0 spiro atoms. The van der Waals surface area contributed by atoms with Gasteiger partial charge in [-0.2, -0.15) is 0 Å². The van der Waals surface area contributed by atoms with Crippen LogP contribution in [-0.4, -0.2) is 35.6 Å². The van der Waals surface area contributed by atoms with E-state index >= 15 is 0 Å². The Morgan fingerprint density at radius 2 is 1.90 bits per heavy atom. The second-order valence-corrected chi connectivity index (χ2v) is 5.59. The number of para-hydroxylation sites is 2. The molecule has 0 aliphatic carbocycles. The van der Waals surface area contributed by atoms with Gasteiger partial charge in [0, 0.05) is 5.54 Å². The molecule has 0 fully saturated rings. The number of benzene rings is 1. The van der Waals surface area contributed by atoms with Gasteiger partial charge >= 0.3 is 5.97 Å². The third kappa shape index (κ3) is 5.33. The van der Waals surface area contributed by atoms with Gasteiger partial charge in [0.1, 0.15) is 6.54 Å². The summed E-state index contributed by atoms with van der Waals surface area (Å²) in [7, 11) is 0. The summed E-state index contributed by atoms with van der Waals surface area (Å²) in [6.07, 6.45) is 0.783. The maximum atomic E-state index is 12.1. The van der Waals surface area contributed by atoms with Gasteiger partial charge in [-0.1, -0.05) is 19.1 Å². The number of hydrogen-bond acceptors (Lipinski definition) is 4. The molecule has 1 aromatic carbocycles. The number of rotatable bonds is 7. The Bertz CT molecular complexity index is 515. The van der Waals surface area contributed by atoms with Crippen molar-refractivity contribution in [1.29, 1.82) is 0 Å². The molecule has 4 N–H and O–H groups in total. The summed E-state index contributed by atoms with van der Waals surface area (Å²) in [5.41, 5.74) is 6.53. The monoisotopic (exact) mass is 293 g/mol. The quantitative estimate of drug-likeness (QED) is 0.662. The second kappa shape index (κ2) is 6.97. The van der Waals surface area contributed by atoms with Crippen molar-refractivity contribution in [3.8, 4) is 0 Å². The van der Waals surface area contributed by atoms with E-state index in [0.717, 1.165) is 6.42 Å². The normalized spacial score (nSPS) is 11.0. The number of nitrogens with one attached hydrogen (secondary N) is 1. The maximum absolute atomic E-state index is 12.1. The minimum Gasteiger partial charge on any atom is -0.480 e. The zero-order chi connectivity index (χ0) is 16.0. The zero-order valence-electron chi connectivity index (χ0n) is 12.7. The molecule has 0 saturated heterocycles. The molecule has 0 bridgehead atoms. The molecule has 6 heteroatoms. The molecule has 0 aromatic heterocycles. The first kappa shape index (κ1) is 16.8. The summed E-state index contributed by atoms with van der Waals surface area (Å²) >= 11 is 0. The van der Waals surface area contributed by atoms with Crippen LogP contribution in [0.3, 0.4) is 0 Å². The average Bonchev–Trinajstić information content (AvgIpc) is 2.37. The summed E-state index contributed by atoms with van der Waals surface area (Å²) in [6, 6.07) is 6.90. The van der Waals surface area contributed by atoms with Crippen LogP contribution in [0.2, 0.25) is 0 Å². The predicted octanol–water partition coefficient (Wildman–Crippen LogP) is 1.46. The Kier molecular flexibility index (Phi) is 5.58. The summed E-state index contributed by atoms with van der Waals surface area (Å²) in [5, 5.41) is 11.9. The molecule has 0 heterocycles. The molecule has 0 aliphatic rings. The highest BCUT2D eigenvalue weighted by Gasteiger charge is 2.21. The van der Waals surface area contributed by atoms with Crippen LogP contribution in [0.15, 0.2) is 24.3 Å². The van der Waals surface area contributed by atoms with Gasteiger partial charge in [-0.05, 0) is 32.4 Å². The number of hydrogen-bond donors (Lipinski definition) is 3. The fraction of sp³-hybridized carbons (Fsp3) is 0.467. The third-order valence-corrected chi connectivity index (χ3v) is 3.30. The zero-order valence-corrected chi connectivity index (χ0v) is 12.7. The van der Waals surface area contributed by atoms with E-state index < -0.39 is 5.97 Å². The standard InChI is InChI=1S/C15H23N3O3/c1-4-15(2,3)17-13(19)9-18(10-14(20)21)12-8-6-5-7-11(12)16/h5-8H,4,9-10,16H2,1-3H3,(H,17,19)(H,20,21). The highest BCUT2D eigenvalue weighted by Crippen LogP contribution is 2.22. The van der Waals surface area contributed by atoms with E-state index in [1.54, 1.807) is 24.3 Å². The molecule has 0 unspecified atom stereocenters. The van der Waals surface area contributed by atoms with Crippen molar-refractivity contribution in [2.45, 2.75) is 32.7 Å². The lowest BCUT2D eigenvalue weighted by Gasteiger charge is -2.28. The Labute approximate surface area is 124 Å². The van der Waals surface area contributed by atoms with Crippen molar-refractivity contribution in [2.75, 3.05) is 23.7 Å². The number of nitrogens with zero attached hydrogens (tertiary/aromatic N) is 1. The number of nitrogens with two attached hydrogens (primary N) is 1. The maximum Gasteiger partial charge on any atom is 0.323 e. The van der Waals surface area contributed by atoms with Gasteiger partial charge in [-0.3, -0.25) is 9.59 Å². The summed E-state index contributed by atoms with van der Waals surface area (Å²) in [4.78, 5) is 24.6. The van der Waals surface area contributed by atoms with Gasteiger partial charge in [0.25, 0.3) is 0 Å². The molecule has 0 radical (unpaired) electrons. The molecule has 0 aliphatic heterocycles. The second-order valence-electron chi connectivity index (χ2n) is 5.59. The summed E-state index contributed by atoms with van der Waals surface area (Å²) in [5.74, 6) is -1.24. The first-order chi connectivity index (χ1) is 9.75. The van der Waals surface area contributed by atoms with Gasteiger partial charge in [0.15, 0.2) is 0 Å². The smallest absolute Gasteiger partial charge is 0.323 e. The fourth-order valence-corrected chi connectivity index (χ4v) is 1.84. The SMILES string of the molecule is CCC(C)(C)NC(=O)CN(CC(=O)O)c1ccccc1N. The lowest BCUT2D eigenvalue weighted by atomic mass is 10.0. The van der Waals surface area contributed by atoms with Gasteiger partial charge in [-0.25, -0.2) is 0 Å². The van der Waals surface area contributed by atoms with Crippen molar-refractivity contribution in [2.24, 2.45) is 0 Å². The van der Waals surface area contributed by atoms with Gasteiger partial charge in [0.05, 0.1) is 17.9 Å². The van der Waals surface area contributed by atoms with E-state index in [2.05, 4.69) is 5.32 Å². The van der Waals surface area contributed by atoms with Crippen LogP contribution in [-0.2, 0) is 9.59 Å². The van der Waals surface area contributed by atoms with E-state index in [0.29, 0.717) is 11.4 Å². The highest BCUT2D eigenvalue weighted by molar-refractivity contribution is 5.86. The van der Waals surface area contributed by atoms with Gasteiger partial charge in [-0.15, -0.1) is 0 Å². The number of amides is 1. The van der Waals surface area contributed by atoms with Crippen LogP contribution in [0.5, 0.6) is 0 Å². The number of carboxylic acid groups (broad SMARTS) is 1. The van der Waals surface area contributed by atoms with Crippen LogP contribution < -0.4 is 16.0 Å². The minimum atomic E-state index is -1.01. The first-order valence-electron chi connectivity index (χ1n) is 6.87. The lowest BCUT2D eigenvalue weighted by molar-refractivity contribution is -0.135. The summed E-state index contributed by atoms with van der Waals surface area (Å²) < 4.78 is 0. The van der Waals surface area contributed by atoms with E-state index in [9.17, 15) is 9.59 Å². The Hall–Kier alpha value is -2.24. The molecule has 0 saturated carbocycles. The molecule has 116 valence electrons. The first-order valence-corrected chi connectivity index (χ1v) is 6.87. The Morgan fingerprint density at radius 3 is 2.43 bits per heavy atom. The Balaban J connectivity index is 2.87. The number of anilines is 2. The lowest BCUT2D eigenvalue weighted by Crippen LogP contribution is -2.48. The average molecular weight is 293 g/mol. The van der Waals surface area contributed by atoms with Crippen LogP contribution in [0, 0.1) is 0 Å². The van der Waals surface area contributed by atoms with E-state index in [1.165, 1.54) is 4.90 Å². The predicted molar refractivity (Wildman–Crippen MR) is 83.2 cm³/mol. The van der Waals surface area contributed by atoms with E-state index in [-0.39, 0.29) is 24.5 Å². The van der Waals surface area contributed by atoms with Gasteiger partial charge in [0.2, 0.25) is 5.91 Å². The minimum absolute atomic E-state index is 0.0516. The Morgan fingerprint density at radius 1 is 1.29 bits per heavy atom. The number of carbonyl (C=O) groups is 2. The van der Waals surface area contributed by atoms with Gasteiger partial charge < -0.3 is 21.1 Å². The van der Waals surface area contributed by atoms with E-state index in [1.807, 2.05) is 20.8 Å². The van der Waals surface area contributed by atoms with Crippen LogP contribution in [0.1, 0.15) is 27.2 Å². The van der Waals surface area contributed by atoms with Crippen molar-refractivity contribution in [3.63, 3.8) is 0 Å². The molecular weight excluding hydrogens is 270 g/mol. The number of carbonyl (C=O) groups excluding carboxylic acids is 1. The van der Waals surface area contributed by atoms with Crippen LogP contribution in [0.4, 0.5) is 11.4 Å². The molecule has 6 nitrogen and oxygen atoms in total.